The predicted molar refractivity (Wildman–Crippen MR) is 184 cm³/mol. The Morgan fingerprint density at radius 3 is 2.09 bits per heavy atom. The number of benzene rings is 4. The molecule has 0 bridgehead atoms. The molecule has 0 aliphatic carbocycles. The highest BCUT2D eigenvalue weighted by molar-refractivity contribution is 7.92. The second kappa shape index (κ2) is 16.1. The highest BCUT2D eigenvalue weighted by Gasteiger charge is 2.33. The number of carbonyl (C=O) groups excluding carboxylic acids is 2. The smallest absolute Gasteiger partial charge is 0.264 e. The highest BCUT2D eigenvalue weighted by Crippen LogP contribution is 2.29. The number of ether oxygens (including phenoxy) is 2. The van der Waals surface area contributed by atoms with E-state index in [-0.39, 0.29) is 29.0 Å². The fourth-order valence-electron chi connectivity index (χ4n) is 4.98. The quantitative estimate of drug-likeness (QED) is 0.155. The first-order valence-electron chi connectivity index (χ1n) is 15.6. The number of amides is 2. The highest BCUT2D eigenvalue weighted by atomic mass is 32.2. The van der Waals surface area contributed by atoms with E-state index >= 15 is 0 Å². The summed E-state index contributed by atoms with van der Waals surface area (Å²) in [5.74, 6) is 1.13. The molecule has 0 aliphatic heterocycles. The number of rotatable bonds is 15. The minimum Gasteiger partial charge on any atom is -0.497 e. The van der Waals surface area contributed by atoms with Crippen LogP contribution in [-0.2, 0) is 26.2 Å². The maximum absolute atomic E-state index is 14.4. The van der Waals surface area contributed by atoms with Crippen molar-refractivity contribution in [3.8, 4) is 17.2 Å². The van der Waals surface area contributed by atoms with Gasteiger partial charge >= 0.3 is 0 Å². The molecule has 0 aromatic heterocycles. The van der Waals surface area contributed by atoms with E-state index in [1.54, 1.807) is 55.6 Å². The van der Waals surface area contributed by atoms with E-state index in [0.717, 1.165) is 15.4 Å². The maximum atomic E-state index is 14.4. The van der Waals surface area contributed by atoms with Crippen LogP contribution in [0.5, 0.6) is 17.2 Å². The summed E-state index contributed by atoms with van der Waals surface area (Å²) in [7, 11) is -2.65. The van der Waals surface area contributed by atoms with Crippen LogP contribution in [0.15, 0.2) is 108 Å². The van der Waals surface area contributed by atoms with Crippen LogP contribution in [-0.4, -0.2) is 51.4 Å². The Kier molecular flexibility index (Phi) is 12.0. The largest absolute Gasteiger partial charge is 0.497 e. The van der Waals surface area contributed by atoms with Gasteiger partial charge in [0.2, 0.25) is 11.8 Å². The van der Waals surface area contributed by atoms with E-state index < -0.39 is 28.5 Å². The number of carbonyl (C=O) groups is 2. The zero-order valence-corrected chi connectivity index (χ0v) is 28.4. The first kappa shape index (κ1) is 35.0. The van der Waals surface area contributed by atoms with Crippen LogP contribution in [0.2, 0.25) is 0 Å². The molecule has 4 aromatic carbocycles. The standard InChI is InChI=1S/C37H43N3O6S/c1-6-35(37(42)38-24-27(2)3)39(25-29-11-10-14-33(23-29)45-5)36(41)26-40(47(43,44)34-21-15-28(4)16-22-34)30-17-19-32(20-18-30)46-31-12-8-7-9-13-31/h7-23,27,35H,6,24-26H2,1-5H3,(H,38,42). The van der Waals surface area contributed by atoms with Crippen LogP contribution in [0, 0.1) is 12.8 Å². The number of methoxy groups -OCH3 is 1. The third-order valence-electron chi connectivity index (χ3n) is 7.55. The molecule has 0 aliphatic rings. The van der Waals surface area contributed by atoms with Crippen molar-refractivity contribution in [3.63, 3.8) is 0 Å². The van der Waals surface area contributed by atoms with Crippen molar-refractivity contribution in [2.45, 2.75) is 51.6 Å². The lowest BCUT2D eigenvalue weighted by Crippen LogP contribution is -2.52. The van der Waals surface area contributed by atoms with Gasteiger partial charge in [-0.05, 0) is 85.5 Å². The Morgan fingerprint density at radius 2 is 1.47 bits per heavy atom. The molecule has 0 spiro atoms. The molecule has 0 heterocycles. The zero-order chi connectivity index (χ0) is 34.0. The molecule has 9 nitrogen and oxygen atoms in total. The van der Waals surface area contributed by atoms with Gasteiger partial charge in [0, 0.05) is 13.1 Å². The summed E-state index contributed by atoms with van der Waals surface area (Å²) in [6.07, 6.45) is 0.329. The summed E-state index contributed by atoms with van der Waals surface area (Å²) in [5.41, 5.74) is 1.91. The van der Waals surface area contributed by atoms with Crippen molar-refractivity contribution in [2.75, 3.05) is 24.5 Å². The Labute approximate surface area is 278 Å². The number of hydrogen-bond donors (Lipinski definition) is 1. The molecule has 47 heavy (non-hydrogen) atoms. The lowest BCUT2D eigenvalue weighted by atomic mass is 10.1. The van der Waals surface area contributed by atoms with Gasteiger partial charge in [-0.15, -0.1) is 0 Å². The van der Waals surface area contributed by atoms with E-state index in [2.05, 4.69) is 5.32 Å². The Bertz CT molecular complexity index is 1730. The topological polar surface area (TPSA) is 105 Å². The molecule has 4 aromatic rings. The van der Waals surface area contributed by atoms with Crippen molar-refractivity contribution in [1.29, 1.82) is 0 Å². The molecule has 0 saturated heterocycles. The summed E-state index contributed by atoms with van der Waals surface area (Å²) in [6.45, 7) is 7.67. The van der Waals surface area contributed by atoms with Gasteiger partial charge in [0.25, 0.3) is 10.0 Å². The molecule has 0 saturated carbocycles. The number of nitrogens with zero attached hydrogens (tertiary/aromatic N) is 2. The first-order valence-corrected chi connectivity index (χ1v) is 17.1. The number of anilines is 1. The molecular weight excluding hydrogens is 614 g/mol. The van der Waals surface area contributed by atoms with Gasteiger partial charge < -0.3 is 19.7 Å². The maximum Gasteiger partial charge on any atom is 0.264 e. The monoisotopic (exact) mass is 657 g/mol. The van der Waals surface area contributed by atoms with E-state index in [9.17, 15) is 18.0 Å². The van der Waals surface area contributed by atoms with E-state index in [4.69, 9.17) is 9.47 Å². The normalized spacial score (nSPS) is 11.9. The SMILES string of the molecule is CCC(C(=O)NCC(C)C)N(Cc1cccc(OC)c1)C(=O)CN(c1ccc(Oc2ccccc2)cc1)S(=O)(=O)c1ccc(C)cc1. The lowest BCUT2D eigenvalue weighted by Gasteiger charge is -2.33. The second-order valence-corrected chi connectivity index (χ2v) is 13.5. The fourth-order valence-corrected chi connectivity index (χ4v) is 6.39. The van der Waals surface area contributed by atoms with Crippen molar-refractivity contribution < 1.29 is 27.5 Å². The van der Waals surface area contributed by atoms with Gasteiger partial charge in [-0.2, -0.15) is 0 Å². The number of aryl methyl sites for hydroxylation is 1. The predicted octanol–water partition coefficient (Wildman–Crippen LogP) is 6.57. The van der Waals surface area contributed by atoms with Crippen LogP contribution in [0.25, 0.3) is 0 Å². The van der Waals surface area contributed by atoms with Crippen molar-refractivity contribution in [3.05, 3.63) is 114 Å². The van der Waals surface area contributed by atoms with Crippen LogP contribution in [0.3, 0.4) is 0 Å². The molecule has 0 radical (unpaired) electrons. The molecule has 1 unspecified atom stereocenters. The molecule has 10 heteroatoms. The van der Waals surface area contributed by atoms with Gasteiger partial charge in [-0.3, -0.25) is 13.9 Å². The summed E-state index contributed by atoms with van der Waals surface area (Å²) in [5, 5.41) is 2.95. The average Bonchev–Trinajstić information content (AvgIpc) is 3.07. The third kappa shape index (κ3) is 9.36. The fraction of sp³-hybridized carbons (Fsp3) is 0.297. The number of para-hydroxylation sites is 1. The molecule has 1 atom stereocenters. The average molecular weight is 658 g/mol. The van der Waals surface area contributed by atoms with Gasteiger partial charge in [-0.25, -0.2) is 8.42 Å². The molecule has 4 rings (SSSR count). The van der Waals surface area contributed by atoms with Gasteiger partial charge in [0.1, 0.15) is 29.8 Å². The Morgan fingerprint density at radius 1 is 0.830 bits per heavy atom. The molecular formula is C37H43N3O6S. The van der Waals surface area contributed by atoms with Crippen LogP contribution < -0.4 is 19.1 Å². The minimum atomic E-state index is -4.20. The van der Waals surface area contributed by atoms with E-state index in [0.29, 0.717) is 30.2 Å². The van der Waals surface area contributed by atoms with Crippen molar-refractivity contribution in [1.82, 2.24) is 10.2 Å². The molecule has 2 amide bonds. The summed E-state index contributed by atoms with van der Waals surface area (Å²) >= 11 is 0. The Hall–Kier alpha value is -4.83. The van der Waals surface area contributed by atoms with Gasteiger partial charge in [0.15, 0.2) is 0 Å². The van der Waals surface area contributed by atoms with Crippen LogP contribution in [0.4, 0.5) is 5.69 Å². The number of hydrogen-bond acceptors (Lipinski definition) is 6. The van der Waals surface area contributed by atoms with Crippen LogP contribution in [0.1, 0.15) is 38.3 Å². The van der Waals surface area contributed by atoms with Crippen molar-refractivity contribution in [2.24, 2.45) is 5.92 Å². The van der Waals surface area contributed by atoms with Gasteiger partial charge in [0.05, 0.1) is 17.7 Å². The third-order valence-corrected chi connectivity index (χ3v) is 9.34. The molecule has 1 N–H and O–H groups in total. The van der Waals surface area contributed by atoms with Gasteiger partial charge in [-0.1, -0.05) is 68.8 Å². The minimum absolute atomic E-state index is 0.0431. The summed E-state index contributed by atoms with van der Waals surface area (Å²) in [6, 6.07) is 28.7. The van der Waals surface area contributed by atoms with E-state index in [1.807, 2.05) is 70.2 Å². The Balaban J connectivity index is 1.73. The van der Waals surface area contributed by atoms with E-state index in [1.165, 1.54) is 17.0 Å². The molecule has 248 valence electrons. The molecule has 0 fully saturated rings. The summed E-state index contributed by atoms with van der Waals surface area (Å²) < 4.78 is 40.8. The first-order chi connectivity index (χ1) is 22.5. The second-order valence-electron chi connectivity index (χ2n) is 11.7. The van der Waals surface area contributed by atoms with Crippen molar-refractivity contribution >= 4 is 27.5 Å². The zero-order valence-electron chi connectivity index (χ0n) is 27.6. The number of nitrogens with one attached hydrogen (secondary N) is 1. The summed E-state index contributed by atoms with van der Waals surface area (Å²) in [4.78, 5) is 29.3. The number of sulfonamides is 1. The lowest BCUT2D eigenvalue weighted by molar-refractivity contribution is -0.140. The van der Waals surface area contributed by atoms with Crippen LogP contribution >= 0.6 is 0 Å².